The highest BCUT2D eigenvalue weighted by atomic mass is 16.8. The fourth-order valence-corrected chi connectivity index (χ4v) is 11.1. The molecule has 6 heterocycles. The lowest BCUT2D eigenvalue weighted by Crippen LogP contribution is -2.70. The molecule has 9 nitrogen and oxygen atoms in total. The molecule has 3 aliphatic carbocycles. The van der Waals surface area contributed by atoms with E-state index in [0.717, 1.165) is 61.7 Å². The molecule has 51 heavy (non-hydrogen) atoms. The Morgan fingerprint density at radius 1 is 1.04 bits per heavy atom. The Labute approximate surface area is 298 Å². The number of nitrogens with one attached hydrogen (secondary N) is 1. The van der Waals surface area contributed by atoms with Crippen LogP contribution in [0.3, 0.4) is 0 Å². The maximum absolute atomic E-state index is 13.6. The minimum atomic E-state index is -0.698. The first kappa shape index (κ1) is 31.9. The van der Waals surface area contributed by atoms with Crippen LogP contribution in [0, 0.1) is 17.3 Å². The second-order valence-corrected chi connectivity index (χ2v) is 16.5. The number of unbranched alkanes of at least 4 members (excludes halogenated alkanes) is 3. The number of rotatable bonds is 11. The van der Waals surface area contributed by atoms with Gasteiger partial charge in [-0.2, -0.15) is 0 Å². The molecule has 3 aromatic rings. The summed E-state index contributed by atoms with van der Waals surface area (Å²) in [7, 11) is 0. The molecule has 1 aromatic carbocycles. The third-order valence-electron chi connectivity index (χ3n) is 13.9. The van der Waals surface area contributed by atoms with Crippen LogP contribution in [-0.4, -0.2) is 64.7 Å². The van der Waals surface area contributed by atoms with Crippen LogP contribution in [0.25, 0.3) is 23.1 Å². The number of para-hydroxylation sites is 1. The molecule has 1 N–H and O–H groups in total. The van der Waals surface area contributed by atoms with Gasteiger partial charge in [-0.15, -0.1) is 0 Å². The minimum absolute atomic E-state index is 0.0799. The van der Waals surface area contributed by atoms with Gasteiger partial charge in [-0.05, 0) is 66.7 Å². The van der Waals surface area contributed by atoms with E-state index in [-0.39, 0.29) is 47.5 Å². The average Bonchev–Trinajstić information content (AvgIpc) is 4.07. The van der Waals surface area contributed by atoms with Crippen LogP contribution in [0.4, 0.5) is 0 Å². The Bertz CT molecular complexity index is 2000. The van der Waals surface area contributed by atoms with Crippen molar-refractivity contribution in [2.24, 2.45) is 17.3 Å². The third-order valence-corrected chi connectivity index (χ3v) is 13.9. The van der Waals surface area contributed by atoms with Gasteiger partial charge in [-0.1, -0.05) is 57.5 Å². The van der Waals surface area contributed by atoms with Gasteiger partial charge in [-0.3, -0.25) is 4.79 Å². The maximum Gasteiger partial charge on any atom is 0.334 e. The molecule has 10 rings (SSSR count). The molecule has 0 radical (unpaired) electrons. The lowest BCUT2D eigenvalue weighted by molar-refractivity contribution is -0.697. The summed E-state index contributed by atoms with van der Waals surface area (Å²) in [6, 6.07) is 12.6. The predicted molar refractivity (Wildman–Crippen MR) is 188 cm³/mol. The standard InChI is InChI=1S/C42H46N2O7/c1-25(2)40-35(50-40)36-42(51-36)39(3)18-15-29-30(24-47-37(29)46)31(39)22-33-41(42,49-33)38(40)48-34(45)12-6-4-5-9-19-44-20-16-26(17-21-44)13-14-27-23-43-32-11-8-7-10-28(27)32/h7-8,10-11,13-14,16-17,20-21,23,25,31,33,35-36,38H,4-6,9,12,15,18-19,22,24H2,1-3H3/p+1/t31-,33-,35-,36-,38+,39-,40-,41+,42+/m0/s1. The quantitative estimate of drug-likeness (QED) is 0.110. The van der Waals surface area contributed by atoms with Crippen LogP contribution in [0.5, 0.6) is 0 Å². The Balaban J connectivity index is 0.747. The van der Waals surface area contributed by atoms with Crippen molar-refractivity contribution in [1.29, 1.82) is 0 Å². The van der Waals surface area contributed by atoms with Gasteiger partial charge in [0.2, 0.25) is 0 Å². The summed E-state index contributed by atoms with van der Waals surface area (Å²) < 4.78 is 34.4. The number of nitrogens with zero attached hydrogens (tertiary/aromatic N) is 1. The molecule has 4 aliphatic heterocycles. The summed E-state index contributed by atoms with van der Waals surface area (Å²) in [6.07, 6.45) is 16.4. The zero-order valence-corrected chi connectivity index (χ0v) is 29.7. The van der Waals surface area contributed by atoms with Crippen LogP contribution in [-0.2, 0) is 39.8 Å². The molecule has 0 bridgehead atoms. The number of epoxide rings is 3. The number of carbonyl (C=O) groups is 2. The van der Waals surface area contributed by atoms with Crippen molar-refractivity contribution >= 4 is 35.0 Å². The molecule has 2 spiro atoms. The highest BCUT2D eigenvalue weighted by Gasteiger charge is 3.01. The number of aromatic nitrogens is 2. The van der Waals surface area contributed by atoms with E-state index in [1.54, 1.807) is 0 Å². The molecule has 7 aliphatic rings. The number of aryl methyl sites for hydroxylation is 1. The van der Waals surface area contributed by atoms with Crippen molar-refractivity contribution in [2.45, 2.75) is 120 Å². The Morgan fingerprint density at radius 2 is 1.86 bits per heavy atom. The number of hydrogen-bond donors (Lipinski definition) is 1. The highest BCUT2D eigenvalue weighted by Crippen LogP contribution is 2.83. The number of ether oxygens (including phenoxy) is 5. The number of carbonyl (C=O) groups excluding carboxylic acids is 2. The number of H-pyrrole nitrogens is 1. The Hall–Kier alpha value is -3.79. The number of esters is 2. The molecule has 0 unspecified atom stereocenters. The maximum atomic E-state index is 13.6. The highest BCUT2D eigenvalue weighted by molar-refractivity contribution is 5.92. The molecular formula is C42H47N2O7+. The van der Waals surface area contributed by atoms with Gasteiger partial charge in [-0.25, -0.2) is 9.36 Å². The van der Waals surface area contributed by atoms with Crippen LogP contribution >= 0.6 is 0 Å². The molecular weight excluding hydrogens is 644 g/mol. The average molecular weight is 692 g/mol. The first-order valence-electron chi connectivity index (χ1n) is 19.1. The Kier molecular flexibility index (Phi) is 6.95. The summed E-state index contributed by atoms with van der Waals surface area (Å²) in [5, 5.41) is 1.23. The van der Waals surface area contributed by atoms with Crippen molar-refractivity contribution in [2.75, 3.05) is 6.61 Å². The summed E-state index contributed by atoms with van der Waals surface area (Å²) in [6.45, 7) is 7.94. The van der Waals surface area contributed by atoms with Gasteiger partial charge in [0.25, 0.3) is 0 Å². The van der Waals surface area contributed by atoms with E-state index in [1.807, 2.05) is 12.3 Å². The molecule has 0 amide bonds. The topological polar surface area (TPSA) is 110 Å². The van der Waals surface area contributed by atoms with Gasteiger partial charge < -0.3 is 28.7 Å². The van der Waals surface area contributed by atoms with Crippen LogP contribution in [0.2, 0.25) is 0 Å². The molecule has 266 valence electrons. The second kappa shape index (κ2) is 11.1. The monoisotopic (exact) mass is 691 g/mol. The van der Waals surface area contributed by atoms with Crippen molar-refractivity contribution in [3.8, 4) is 0 Å². The number of aromatic amines is 1. The fraction of sp³-hybridized carbons (Fsp3) is 0.548. The van der Waals surface area contributed by atoms with Crippen molar-refractivity contribution in [3.05, 3.63) is 77.3 Å². The molecule has 9 heteroatoms. The zero-order valence-electron chi connectivity index (χ0n) is 29.7. The van der Waals surface area contributed by atoms with Crippen LogP contribution < -0.4 is 4.57 Å². The molecule has 9 atom stereocenters. The van der Waals surface area contributed by atoms with Gasteiger partial charge >= 0.3 is 11.9 Å². The summed E-state index contributed by atoms with van der Waals surface area (Å²) in [5.41, 5.74) is 3.39. The van der Waals surface area contributed by atoms with Gasteiger partial charge in [0.05, 0.1) is 6.10 Å². The van der Waals surface area contributed by atoms with E-state index in [2.05, 4.69) is 85.2 Å². The van der Waals surface area contributed by atoms with E-state index in [9.17, 15) is 9.59 Å². The predicted octanol–water partition coefficient (Wildman–Crippen LogP) is 6.24. The summed E-state index contributed by atoms with van der Waals surface area (Å²) in [4.78, 5) is 29.4. The fourth-order valence-electron chi connectivity index (χ4n) is 11.1. The van der Waals surface area contributed by atoms with Gasteiger partial charge in [0.1, 0.15) is 36.6 Å². The number of cyclic esters (lactones) is 1. The van der Waals surface area contributed by atoms with E-state index < -0.39 is 22.9 Å². The van der Waals surface area contributed by atoms with Crippen molar-refractivity contribution in [3.63, 3.8) is 0 Å². The first-order valence-corrected chi connectivity index (χ1v) is 19.1. The minimum Gasteiger partial charge on any atom is -0.458 e. The van der Waals surface area contributed by atoms with Crippen LogP contribution in [0.15, 0.2) is 66.1 Å². The number of pyridine rings is 1. The van der Waals surface area contributed by atoms with E-state index in [1.165, 1.54) is 16.5 Å². The lowest BCUT2D eigenvalue weighted by Gasteiger charge is -2.53. The smallest absolute Gasteiger partial charge is 0.334 e. The van der Waals surface area contributed by atoms with Gasteiger partial charge in [0, 0.05) is 53.1 Å². The summed E-state index contributed by atoms with van der Waals surface area (Å²) in [5.74, 6) is -0.0293. The number of benzene rings is 1. The van der Waals surface area contributed by atoms with E-state index in [0.29, 0.717) is 19.4 Å². The second-order valence-electron chi connectivity index (χ2n) is 16.5. The van der Waals surface area contributed by atoms with Gasteiger partial charge in [0.15, 0.2) is 24.1 Å². The lowest BCUT2D eigenvalue weighted by atomic mass is 9.46. The van der Waals surface area contributed by atoms with E-state index in [4.69, 9.17) is 23.7 Å². The number of hydrogen-bond acceptors (Lipinski definition) is 7. The number of fused-ring (bicyclic) bond motifs is 5. The SMILES string of the molecule is CC(C)[C@]12O[C@H]1[C@@H]1O[C@]13[C@]1(O[C@H]1C[C@H]1C4=C(CC[C@@]13C)C(=O)OC4)[C@@H]2OC(=O)CCCCCC[n+]1ccc(/C=C/c2c[nH]c3ccccc23)cc1. The van der Waals surface area contributed by atoms with Crippen molar-refractivity contribution in [1.82, 2.24) is 4.98 Å². The van der Waals surface area contributed by atoms with Crippen molar-refractivity contribution < 1.29 is 37.8 Å². The largest absolute Gasteiger partial charge is 0.458 e. The summed E-state index contributed by atoms with van der Waals surface area (Å²) >= 11 is 0. The third kappa shape index (κ3) is 4.34. The molecule has 3 saturated heterocycles. The normalized spacial score (nSPS) is 38.0. The van der Waals surface area contributed by atoms with E-state index >= 15 is 0 Å². The molecule has 2 aromatic heterocycles. The molecule has 5 fully saturated rings. The Morgan fingerprint density at radius 3 is 2.71 bits per heavy atom. The molecule has 2 saturated carbocycles. The zero-order chi connectivity index (χ0) is 34.8. The first-order chi connectivity index (χ1) is 24.7. The van der Waals surface area contributed by atoms with Crippen LogP contribution in [0.1, 0.15) is 83.3 Å².